The lowest BCUT2D eigenvalue weighted by Crippen LogP contribution is -2.10. The van der Waals surface area contributed by atoms with Gasteiger partial charge in [0.05, 0.1) is 0 Å². The van der Waals surface area contributed by atoms with E-state index < -0.39 is 12.4 Å². The third-order valence-corrected chi connectivity index (χ3v) is 5.17. The van der Waals surface area contributed by atoms with Crippen LogP contribution in [0.3, 0.4) is 0 Å². The molecule has 0 amide bonds. The molecule has 0 N–H and O–H groups in total. The third-order valence-electron chi connectivity index (χ3n) is 5.17. The van der Waals surface area contributed by atoms with Gasteiger partial charge in [-0.3, -0.25) is 0 Å². The molecule has 0 bridgehead atoms. The van der Waals surface area contributed by atoms with Crippen molar-refractivity contribution < 1.29 is 17.9 Å². The van der Waals surface area contributed by atoms with Gasteiger partial charge in [0, 0.05) is 0 Å². The summed E-state index contributed by atoms with van der Waals surface area (Å²) >= 11 is 0. The van der Waals surface area contributed by atoms with E-state index in [-0.39, 0.29) is 5.75 Å². The Kier molecular flexibility index (Phi) is 7.76. The van der Waals surface area contributed by atoms with Crippen LogP contribution < -0.4 is 4.74 Å². The van der Waals surface area contributed by atoms with Crippen molar-refractivity contribution in [3.63, 3.8) is 0 Å². The molecular formula is C23H29F3O. The normalized spacial score (nSPS) is 19.4. The van der Waals surface area contributed by atoms with Gasteiger partial charge in [-0.25, -0.2) is 4.39 Å². The molecule has 0 heterocycles. The van der Waals surface area contributed by atoms with Gasteiger partial charge in [0.25, 0.3) is 0 Å². The van der Waals surface area contributed by atoms with E-state index in [1.165, 1.54) is 37.3 Å². The summed E-state index contributed by atoms with van der Waals surface area (Å²) in [7, 11) is 0. The zero-order valence-electron chi connectivity index (χ0n) is 16.6. The second-order valence-corrected chi connectivity index (χ2v) is 7.06. The summed E-state index contributed by atoms with van der Waals surface area (Å²) in [5.41, 5.74) is 3.23. The fourth-order valence-electron chi connectivity index (χ4n) is 3.68. The summed E-state index contributed by atoms with van der Waals surface area (Å²) in [4.78, 5) is 0. The summed E-state index contributed by atoms with van der Waals surface area (Å²) in [6.07, 6.45) is 4.96. The second kappa shape index (κ2) is 9.82. The average molecular weight is 378 g/mol. The monoisotopic (exact) mass is 378 g/mol. The highest BCUT2D eigenvalue weighted by atomic mass is 19.3. The Balaban J connectivity index is 0.00000126. The Hall–Kier alpha value is -1.97. The molecule has 1 nitrogen and oxygen atoms in total. The van der Waals surface area contributed by atoms with Gasteiger partial charge >= 0.3 is 6.61 Å². The van der Waals surface area contributed by atoms with Crippen LogP contribution in [-0.2, 0) is 0 Å². The SMILES string of the molecule is CC.Cc1cc(-c2ccc(C3CCC(C)CC3)cc2)cc(F)c1OC(F)F. The summed E-state index contributed by atoms with van der Waals surface area (Å²) in [5, 5.41) is 0. The van der Waals surface area contributed by atoms with E-state index in [9.17, 15) is 13.2 Å². The van der Waals surface area contributed by atoms with Crippen molar-refractivity contribution in [2.24, 2.45) is 5.92 Å². The molecule has 1 aliphatic carbocycles. The molecular weight excluding hydrogens is 349 g/mol. The Morgan fingerprint density at radius 2 is 1.52 bits per heavy atom. The number of hydrogen-bond donors (Lipinski definition) is 0. The molecule has 1 aliphatic rings. The first-order valence-electron chi connectivity index (χ1n) is 9.79. The fourth-order valence-corrected chi connectivity index (χ4v) is 3.68. The summed E-state index contributed by atoms with van der Waals surface area (Å²) in [5.74, 6) is 0.272. The van der Waals surface area contributed by atoms with Gasteiger partial charge in [0.1, 0.15) is 0 Å². The smallest absolute Gasteiger partial charge is 0.387 e. The van der Waals surface area contributed by atoms with Crippen molar-refractivity contribution in [2.75, 3.05) is 0 Å². The summed E-state index contributed by atoms with van der Waals surface area (Å²) in [6.45, 7) is 4.84. The van der Waals surface area contributed by atoms with Gasteiger partial charge in [-0.05, 0) is 66.0 Å². The van der Waals surface area contributed by atoms with Crippen LogP contribution in [0.2, 0.25) is 0 Å². The van der Waals surface area contributed by atoms with Crippen LogP contribution in [0.25, 0.3) is 11.1 Å². The van der Waals surface area contributed by atoms with Crippen LogP contribution in [0.4, 0.5) is 13.2 Å². The molecule has 4 heteroatoms. The number of alkyl halides is 2. The quantitative estimate of drug-likeness (QED) is 0.529. The number of hydrogen-bond acceptors (Lipinski definition) is 1. The van der Waals surface area contributed by atoms with E-state index >= 15 is 0 Å². The first-order chi connectivity index (χ1) is 12.9. The lowest BCUT2D eigenvalue weighted by atomic mass is 9.79. The van der Waals surface area contributed by atoms with Crippen molar-refractivity contribution in [1.82, 2.24) is 0 Å². The van der Waals surface area contributed by atoms with Gasteiger partial charge in [-0.2, -0.15) is 8.78 Å². The number of halogens is 3. The number of ether oxygens (including phenoxy) is 1. The molecule has 27 heavy (non-hydrogen) atoms. The van der Waals surface area contributed by atoms with E-state index in [1.807, 2.05) is 26.0 Å². The van der Waals surface area contributed by atoms with Crippen molar-refractivity contribution >= 4 is 0 Å². The Labute approximate surface area is 160 Å². The lowest BCUT2D eigenvalue weighted by Gasteiger charge is -2.26. The molecule has 3 rings (SSSR count). The summed E-state index contributed by atoms with van der Waals surface area (Å²) in [6, 6.07) is 11.1. The largest absolute Gasteiger partial charge is 0.431 e. The first kappa shape index (κ1) is 21.3. The summed E-state index contributed by atoms with van der Waals surface area (Å²) < 4.78 is 43.1. The van der Waals surface area contributed by atoms with E-state index in [2.05, 4.69) is 23.8 Å². The maximum atomic E-state index is 14.1. The zero-order chi connectivity index (χ0) is 20.0. The highest BCUT2D eigenvalue weighted by Crippen LogP contribution is 2.37. The van der Waals surface area contributed by atoms with Crippen LogP contribution in [-0.4, -0.2) is 6.61 Å². The Morgan fingerprint density at radius 1 is 0.926 bits per heavy atom. The maximum absolute atomic E-state index is 14.1. The fraction of sp³-hybridized carbons (Fsp3) is 0.478. The van der Waals surface area contributed by atoms with Crippen LogP contribution in [0.1, 0.15) is 63.5 Å². The maximum Gasteiger partial charge on any atom is 0.387 e. The Morgan fingerprint density at radius 3 is 2.04 bits per heavy atom. The number of aryl methyl sites for hydroxylation is 1. The van der Waals surface area contributed by atoms with Crippen LogP contribution in [0.5, 0.6) is 5.75 Å². The molecule has 0 saturated heterocycles. The molecule has 0 atom stereocenters. The Bertz CT molecular complexity index is 694. The van der Waals surface area contributed by atoms with Gasteiger partial charge in [0.2, 0.25) is 0 Å². The molecule has 0 radical (unpaired) electrons. The number of rotatable bonds is 4. The van der Waals surface area contributed by atoms with E-state index in [1.54, 1.807) is 13.0 Å². The van der Waals surface area contributed by atoms with E-state index in [0.29, 0.717) is 17.0 Å². The molecule has 1 saturated carbocycles. The molecule has 0 spiro atoms. The van der Waals surface area contributed by atoms with Crippen LogP contribution in [0.15, 0.2) is 36.4 Å². The predicted molar refractivity (Wildman–Crippen MR) is 105 cm³/mol. The standard InChI is InChI=1S/C21H23F3O.C2H6/c1-13-3-5-15(6-4-13)16-7-9-17(10-8-16)18-11-14(2)20(19(22)12-18)25-21(23)24;1-2/h7-13,15,21H,3-6H2,1-2H3;1-2H3. The predicted octanol–water partition coefficient (Wildman–Crippen LogP) is 7.72. The number of benzene rings is 2. The minimum Gasteiger partial charge on any atom is -0.431 e. The highest BCUT2D eigenvalue weighted by molar-refractivity contribution is 5.66. The minimum absolute atomic E-state index is 0.362. The third kappa shape index (κ3) is 5.50. The molecule has 0 unspecified atom stereocenters. The highest BCUT2D eigenvalue weighted by Gasteiger charge is 2.20. The van der Waals surface area contributed by atoms with E-state index in [0.717, 1.165) is 11.5 Å². The van der Waals surface area contributed by atoms with Gasteiger partial charge < -0.3 is 4.74 Å². The first-order valence-corrected chi connectivity index (χ1v) is 9.79. The second-order valence-electron chi connectivity index (χ2n) is 7.06. The van der Waals surface area contributed by atoms with Crippen molar-refractivity contribution in [3.05, 3.63) is 53.3 Å². The van der Waals surface area contributed by atoms with Gasteiger partial charge in [-0.15, -0.1) is 0 Å². The van der Waals surface area contributed by atoms with Crippen LogP contribution >= 0.6 is 0 Å². The molecule has 0 aromatic heterocycles. The van der Waals surface area contributed by atoms with Crippen molar-refractivity contribution in [2.45, 2.75) is 65.9 Å². The van der Waals surface area contributed by atoms with Crippen molar-refractivity contribution in [1.29, 1.82) is 0 Å². The lowest BCUT2D eigenvalue weighted by molar-refractivity contribution is -0.0526. The molecule has 148 valence electrons. The molecule has 1 fully saturated rings. The minimum atomic E-state index is -3.03. The van der Waals surface area contributed by atoms with E-state index in [4.69, 9.17) is 0 Å². The zero-order valence-corrected chi connectivity index (χ0v) is 16.6. The van der Waals surface area contributed by atoms with Crippen LogP contribution in [0, 0.1) is 18.7 Å². The molecule has 0 aliphatic heterocycles. The average Bonchev–Trinajstić information content (AvgIpc) is 2.67. The molecule has 2 aromatic carbocycles. The van der Waals surface area contributed by atoms with Gasteiger partial charge in [0.15, 0.2) is 11.6 Å². The van der Waals surface area contributed by atoms with Crippen molar-refractivity contribution in [3.8, 4) is 16.9 Å². The molecule has 2 aromatic rings. The topological polar surface area (TPSA) is 9.23 Å². The van der Waals surface area contributed by atoms with Gasteiger partial charge in [-0.1, -0.05) is 57.9 Å².